The lowest BCUT2D eigenvalue weighted by Gasteiger charge is -2.51. The first-order valence-corrected chi connectivity index (χ1v) is 14.8. The van der Waals surface area contributed by atoms with Crippen molar-refractivity contribution in [1.29, 1.82) is 0 Å². The fraction of sp³-hybridized carbons (Fsp3) is 0.700. The lowest BCUT2D eigenvalue weighted by Crippen LogP contribution is -2.59. The van der Waals surface area contributed by atoms with Crippen LogP contribution in [0, 0.1) is 11.8 Å². The number of hydrogen-bond donors (Lipinski definition) is 1. The van der Waals surface area contributed by atoms with E-state index in [4.69, 9.17) is 9.47 Å². The Kier molecular flexibility index (Phi) is 7.45. The van der Waals surface area contributed by atoms with E-state index in [1.54, 1.807) is 4.90 Å². The molecule has 1 aromatic carbocycles. The third kappa shape index (κ3) is 5.09. The van der Waals surface area contributed by atoms with Gasteiger partial charge in [0.2, 0.25) is 11.8 Å². The molecule has 3 amide bonds. The molecule has 4 fully saturated rings. The van der Waals surface area contributed by atoms with E-state index in [0.717, 1.165) is 36.2 Å². The molecule has 0 spiro atoms. The average molecular weight is 524 g/mol. The fourth-order valence-corrected chi connectivity index (χ4v) is 7.51. The predicted octanol–water partition coefficient (Wildman–Crippen LogP) is 3.66. The minimum Gasteiger partial charge on any atom is -0.489 e. The Morgan fingerprint density at radius 2 is 1.74 bits per heavy atom. The minimum atomic E-state index is -0.590. The van der Waals surface area contributed by atoms with Gasteiger partial charge in [-0.3, -0.25) is 24.6 Å². The molecule has 206 valence electrons. The van der Waals surface area contributed by atoms with Crippen LogP contribution >= 0.6 is 0 Å². The maximum atomic E-state index is 13.0. The molecule has 0 aromatic heterocycles. The zero-order chi connectivity index (χ0) is 26.2. The molecule has 1 unspecified atom stereocenters. The molecule has 2 saturated carbocycles. The van der Waals surface area contributed by atoms with Crippen molar-refractivity contribution in [2.75, 3.05) is 19.7 Å². The van der Waals surface area contributed by atoms with Crippen molar-refractivity contribution in [3.63, 3.8) is 0 Å². The molecular formula is C30H41N3O5. The molecule has 5 aliphatic rings. The molecule has 6 rings (SSSR count). The third-order valence-corrected chi connectivity index (χ3v) is 9.65. The van der Waals surface area contributed by atoms with Gasteiger partial charge < -0.3 is 14.4 Å². The molecule has 38 heavy (non-hydrogen) atoms. The zero-order valence-corrected chi connectivity index (χ0v) is 22.5. The van der Waals surface area contributed by atoms with E-state index >= 15 is 0 Å². The van der Waals surface area contributed by atoms with Gasteiger partial charge in [0.15, 0.2) is 0 Å². The highest BCUT2D eigenvalue weighted by Crippen LogP contribution is 2.40. The molecule has 3 atom stereocenters. The van der Waals surface area contributed by atoms with Crippen molar-refractivity contribution in [1.82, 2.24) is 15.1 Å². The summed E-state index contributed by atoms with van der Waals surface area (Å²) < 4.78 is 12.5. The number of fused-ring (bicyclic) bond motifs is 1. The van der Waals surface area contributed by atoms with Crippen LogP contribution in [0.1, 0.15) is 87.1 Å². The normalized spacial score (nSPS) is 32.6. The summed E-state index contributed by atoms with van der Waals surface area (Å²) in [5, 5.41) is 2.37. The smallest absolute Gasteiger partial charge is 0.255 e. The maximum absolute atomic E-state index is 13.0. The number of likely N-dealkylation sites (tertiary alicyclic amines) is 1. The molecule has 1 N–H and O–H groups in total. The molecule has 3 aliphatic heterocycles. The van der Waals surface area contributed by atoms with E-state index in [9.17, 15) is 14.4 Å². The van der Waals surface area contributed by atoms with Gasteiger partial charge >= 0.3 is 0 Å². The summed E-state index contributed by atoms with van der Waals surface area (Å²) >= 11 is 0. The van der Waals surface area contributed by atoms with Crippen LogP contribution in [0.25, 0.3) is 0 Å². The van der Waals surface area contributed by atoms with Gasteiger partial charge in [-0.25, -0.2) is 0 Å². The summed E-state index contributed by atoms with van der Waals surface area (Å²) in [4.78, 5) is 41.2. The molecule has 0 radical (unpaired) electrons. The molecule has 8 heteroatoms. The Hall–Kier alpha value is -2.45. The summed E-state index contributed by atoms with van der Waals surface area (Å²) in [5.74, 6) is 1.68. The van der Waals surface area contributed by atoms with E-state index in [1.165, 1.54) is 58.0 Å². The Bertz CT molecular complexity index is 1060. The highest BCUT2D eigenvalue weighted by molar-refractivity contribution is 6.05. The second kappa shape index (κ2) is 11.0. The van der Waals surface area contributed by atoms with Gasteiger partial charge in [-0.15, -0.1) is 0 Å². The Balaban J connectivity index is 1.05. The summed E-state index contributed by atoms with van der Waals surface area (Å²) in [5.41, 5.74) is 1.53. The molecule has 1 aromatic rings. The van der Waals surface area contributed by atoms with Crippen LogP contribution in [0.15, 0.2) is 18.2 Å². The number of carbonyl (C=O) groups is 3. The number of nitrogens with one attached hydrogen (secondary N) is 1. The van der Waals surface area contributed by atoms with Gasteiger partial charge in [0.25, 0.3) is 5.91 Å². The van der Waals surface area contributed by atoms with Crippen LogP contribution in [0.3, 0.4) is 0 Å². The van der Waals surface area contributed by atoms with Crippen molar-refractivity contribution in [2.45, 2.75) is 102 Å². The zero-order valence-electron chi connectivity index (χ0n) is 22.5. The largest absolute Gasteiger partial charge is 0.489 e. The molecule has 3 heterocycles. The van der Waals surface area contributed by atoms with Gasteiger partial charge in [0.1, 0.15) is 17.9 Å². The summed E-state index contributed by atoms with van der Waals surface area (Å²) in [6.45, 7) is 5.68. The number of piperidine rings is 1. The molecular weight excluding hydrogens is 482 g/mol. The van der Waals surface area contributed by atoms with Crippen molar-refractivity contribution in [2.24, 2.45) is 11.8 Å². The standard InChI is InChI=1S/C30H41N3O5/c1-2-37-22-9-7-19(8-10-22)21-16-32(17-21)25-5-3-4-6-27(25)38-23-11-12-24-20(15-23)18-33(30(24)36)26-13-14-28(34)31-29(26)35/h11-12,15,19,21-22,25-27H,2-10,13-14,16-18H2,1H3,(H,31,34,35)/t19?,22?,25-,26?,27-/m1/s1. The van der Waals surface area contributed by atoms with E-state index < -0.39 is 6.04 Å². The number of benzene rings is 1. The number of nitrogens with zero attached hydrogens (tertiary/aromatic N) is 2. The summed E-state index contributed by atoms with van der Waals surface area (Å²) in [6.07, 6.45) is 11.0. The fourth-order valence-electron chi connectivity index (χ4n) is 7.51. The molecule has 2 saturated heterocycles. The highest BCUT2D eigenvalue weighted by atomic mass is 16.5. The van der Waals surface area contributed by atoms with Crippen LogP contribution in [-0.2, 0) is 20.9 Å². The number of amides is 3. The second-order valence-electron chi connectivity index (χ2n) is 11.9. The highest BCUT2D eigenvalue weighted by Gasteiger charge is 2.43. The van der Waals surface area contributed by atoms with E-state index in [-0.39, 0.29) is 30.2 Å². The van der Waals surface area contributed by atoms with Crippen molar-refractivity contribution < 1.29 is 23.9 Å². The first-order chi connectivity index (χ1) is 18.5. The van der Waals surface area contributed by atoms with Crippen molar-refractivity contribution in [3.8, 4) is 5.75 Å². The molecule has 8 nitrogen and oxygen atoms in total. The first kappa shape index (κ1) is 25.8. The van der Waals surface area contributed by atoms with Crippen LogP contribution in [0.2, 0.25) is 0 Å². The maximum Gasteiger partial charge on any atom is 0.255 e. The number of ether oxygens (including phenoxy) is 2. The van der Waals surface area contributed by atoms with E-state index in [1.807, 2.05) is 18.2 Å². The monoisotopic (exact) mass is 523 g/mol. The van der Waals surface area contributed by atoms with Crippen molar-refractivity contribution in [3.05, 3.63) is 29.3 Å². The lowest BCUT2D eigenvalue weighted by molar-refractivity contribution is -0.136. The topological polar surface area (TPSA) is 88.2 Å². The number of rotatable bonds is 7. The minimum absolute atomic E-state index is 0.140. The number of hydrogen-bond acceptors (Lipinski definition) is 6. The quantitative estimate of drug-likeness (QED) is 0.549. The average Bonchev–Trinajstić information content (AvgIpc) is 3.20. The van der Waals surface area contributed by atoms with Crippen LogP contribution in [0.4, 0.5) is 0 Å². The summed E-state index contributed by atoms with van der Waals surface area (Å²) in [6, 6.07) is 5.60. The molecule has 2 aliphatic carbocycles. The van der Waals surface area contributed by atoms with Gasteiger partial charge in [-0.2, -0.15) is 0 Å². The predicted molar refractivity (Wildman–Crippen MR) is 142 cm³/mol. The Labute approximate surface area is 225 Å². The second-order valence-corrected chi connectivity index (χ2v) is 11.9. The van der Waals surface area contributed by atoms with Crippen LogP contribution < -0.4 is 10.1 Å². The van der Waals surface area contributed by atoms with E-state index in [0.29, 0.717) is 30.7 Å². The number of carbonyl (C=O) groups excluding carboxylic acids is 3. The number of imide groups is 1. The van der Waals surface area contributed by atoms with Crippen molar-refractivity contribution >= 4 is 17.7 Å². The van der Waals surface area contributed by atoms with Gasteiger partial charge in [-0.05, 0) is 93.9 Å². The van der Waals surface area contributed by atoms with Crippen LogP contribution in [-0.4, -0.2) is 71.5 Å². The lowest BCUT2D eigenvalue weighted by atomic mass is 9.74. The first-order valence-electron chi connectivity index (χ1n) is 14.8. The Morgan fingerprint density at radius 3 is 2.50 bits per heavy atom. The SMILES string of the molecule is CCOC1CCC(C2CN([C@@H]3CCCC[C@H]3Oc3ccc4c(c3)CN(C3CCC(=O)NC3=O)C4=O)C2)CC1. The summed E-state index contributed by atoms with van der Waals surface area (Å²) in [7, 11) is 0. The van der Waals surface area contributed by atoms with Gasteiger partial charge in [0.05, 0.1) is 6.10 Å². The Morgan fingerprint density at radius 1 is 0.947 bits per heavy atom. The van der Waals surface area contributed by atoms with Gasteiger partial charge in [-0.1, -0.05) is 6.42 Å². The third-order valence-electron chi connectivity index (χ3n) is 9.65. The molecule has 0 bridgehead atoms. The van der Waals surface area contributed by atoms with E-state index in [2.05, 4.69) is 17.1 Å². The van der Waals surface area contributed by atoms with Gasteiger partial charge in [0, 0.05) is 44.3 Å². The van der Waals surface area contributed by atoms with Crippen LogP contribution in [0.5, 0.6) is 5.75 Å².